The summed E-state index contributed by atoms with van der Waals surface area (Å²) in [5, 5.41) is 4.47. The van der Waals surface area contributed by atoms with Crippen molar-refractivity contribution in [2.24, 2.45) is 0 Å². The van der Waals surface area contributed by atoms with Crippen LogP contribution in [0, 0.1) is 11.6 Å². The first kappa shape index (κ1) is 13.2. The largest absolute Gasteiger partial charge is 0.322 e. The SMILES string of the molecule is O=C(Nc1ccc2ccccc2c1)c1c(F)cccc1F. The Hall–Kier alpha value is -2.75. The number of anilines is 1. The molecule has 1 amide bonds. The van der Waals surface area contributed by atoms with Crippen LogP contribution in [0.15, 0.2) is 60.7 Å². The molecule has 104 valence electrons. The Bertz CT molecular complexity index is 810. The average Bonchev–Trinajstić information content (AvgIpc) is 2.47. The number of nitrogens with one attached hydrogen (secondary N) is 1. The molecule has 0 fully saturated rings. The van der Waals surface area contributed by atoms with E-state index in [0.717, 1.165) is 22.9 Å². The van der Waals surface area contributed by atoms with Gasteiger partial charge < -0.3 is 5.32 Å². The van der Waals surface area contributed by atoms with Crippen LogP contribution in [-0.4, -0.2) is 5.91 Å². The summed E-state index contributed by atoms with van der Waals surface area (Å²) in [5.41, 5.74) is -0.0907. The minimum absolute atomic E-state index is 0.487. The topological polar surface area (TPSA) is 29.1 Å². The Morgan fingerprint density at radius 3 is 2.19 bits per heavy atom. The number of carbonyl (C=O) groups is 1. The van der Waals surface area contributed by atoms with Crippen LogP contribution >= 0.6 is 0 Å². The number of rotatable bonds is 2. The molecule has 3 rings (SSSR count). The number of carbonyl (C=O) groups excluding carboxylic acids is 1. The van der Waals surface area contributed by atoms with Gasteiger partial charge in [-0.05, 0) is 35.0 Å². The molecule has 0 saturated carbocycles. The van der Waals surface area contributed by atoms with Gasteiger partial charge in [0.2, 0.25) is 0 Å². The molecule has 21 heavy (non-hydrogen) atoms. The molecule has 3 aromatic carbocycles. The van der Waals surface area contributed by atoms with E-state index < -0.39 is 23.1 Å². The zero-order valence-electron chi connectivity index (χ0n) is 10.9. The maximum absolute atomic E-state index is 13.6. The molecule has 0 heterocycles. The maximum atomic E-state index is 13.6. The van der Waals surface area contributed by atoms with E-state index in [0.29, 0.717) is 5.69 Å². The van der Waals surface area contributed by atoms with Crippen LogP contribution in [0.2, 0.25) is 0 Å². The summed E-state index contributed by atoms with van der Waals surface area (Å²) in [6.07, 6.45) is 0. The van der Waals surface area contributed by atoms with Gasteiger partial charge in [0.05, 0.1) is 0 Å². The Morgan fingerprint density at radius 1 is 0.810 bits per heavy atom. The number of amides is 1. The van der Waals surface area contributed by atoms with E-state index in [4.69, 9.17) is 0 Å². The highest BCUT2D eigenvalue weighted by molar-refractivity contribution is 6.05. The standard InChI is InChI=1S/C17H11F2NO/c18-14-6-3-7-15(19)16(14)17(21)20-13-9-8-11-4-1-2-5-12(11)10-13/h1-10H,(H,20,21). The predicted molar refractivity (Wildman–Crippen MR) is 78.3 cm³/mol. The normalized spacial score (nSPS) is 10.6. The summed E-state index contributed by atoms with van der Waals surface area (Å²) in [5.74, 6) is -2.57. The highest BCUT2D eigenvalue weighted by Crippen LogP contribution is 2.20. The lowest BCUT2D eigenvalue weighted by atomic mass is 10.1. The van der Waals surface area contributed by atoms with Crippen LogP contribution in [0.4, 0.5) is 14.5 Å². The Kier molecular flexibility index (Phi) is 3.36. The molecule has 0 spiro atoms. The van der Waals surface area contributed by atoms with Crippen LogP contribution in [0.1, 0.15) is 10.4 Å². The van der Waals surface area contributed by atoms with Crippen LogP contribution in [0.3, 0.4) is 0 Å². The van der Waals surface area contributed by atoms with Gasteiger partial charge in [-0.2, -0.15) is 0 Å². The zero-order chi connectivity index (χ0) is 14.8. The Labute approximate surface area is 120 Å². The van der Waals surface area contributed by atoms with Crippen molar-refractivity contribution in [3.05, 3.63) is 77.9 Å². The third-order valence-electron chi connectivity index (χ3n) is 3.20. The molecule has 0 aliphatic rings. The van der Waals surface area contributed by atoms with Gasteiger partial charge in [-0.25, -0.2) is 8.78 Å². The second-order valence-electron chi connectivity index (χ2n) is 4.61. The summed E-state index contributed by atoms with van der Waals surface area (Å²) in [7, 11) is 0. The van der Waals surface area contributed by atoms with E-state index in [1.807, 2.05) is 30.3 Å². The Morgan fingerprint density at radius 2 is 1.48 bits per heavy atom. The van der Waals surface area contributed by atoms with E-state index in [9.17, 15) is 13.6 Å². The lowest BCUT2D eigenvalue weighted by Gasteiger charge is -2.08. The van der Waals surface area contributed by atoms with Crippen molar-refractivity contribution in [3.63, 3.8) is 0 Å². The number of hydrogen-bond donors (Lipinski definition) is 1. The fourth-order valence-corrected chi connectivity index (χ4v) is 2.18. The van der Waals surface area contributed by atoms with Gasteiger partial charge in [-0.1, -0.05) is 36.4 Å². The van der Waals surface area contributed by atoms with E-state index >= 15 is 0 Å². The number of halogens is 2. The highest BCUT2D eigenvalue weighted by atomic mass is 19.1. The highest BCUT2D eigenvalue weighted by Gasteiger charge is 2.17. The van der Waals surface area contributed by atoms with Gasteiger partial charge in [-0.15, -0.1) is 0 Å². The lowest BCUT2D eigenvalue weighted by molar-refractivity contribution is 0.101. The van der Waals surface area contributed by atoms with E-state index in [1.54, 1.807) is 12.1 Å². The maximum Gasteiger partial charge on any atom is 0.261 e. The first-order chi connectivity index (χ1) is 10.1. The van der Waals surface area contributed by atoms with E-state index in [2.05, 4.69) is 5.32 Å². The molecule has 4 heteroatoms. The smallest absolute Gasteiger partial charge is 0.261 e. The lowest BCUT2D eigenvalue weighted by Crippen LogP contribution is -2.15. The molecule has 0 unspecified atom stereocenters. The quantitative estimate of drug-likeness (QED) is 0.743. The summed E-state index contributed by atoms with van der Waals surface area (Å²) in [4.78, 5) is 12.0. The van der Waals surface area contributed by atoms with Crippen LogP contribution in [0.25, 0.3) is 10.8 Å². The molecular weight excluding hydrogens is 272 g/mol. The number of fused-ring (bicyclic) bond motifs is 1. The fourth-order valence-electron chi connectivity index (χ4n) is 2.18. The molecule has 0 bridgehead atoms. The van der Waals surface area contributed by atoms with Gasteiger partial charge in [0.15, 0.2) is 0 Å². The first-order valence-corrected chi connectivity index (χ1v) is 6.39. The van der Waals surface area contributed by atoms with Crippen molar-refractivity contribution in [2.75, 3.05) is 5.32 Å². The van der Waals surface area contributed by atoms with Crippen molar-refractivity contribution in [3.8, 4) is 0 Å². The van der Waals surface area contributed by atoms with Crippen LogP contribution in [0.5, 0.6) is 0 Å². The summed E-state index contributed by atoms with van der Waals surface area (Å²) in [6.45, 7) is 0. The van der Waals surface area contributed by atoms with E-state index in [-0.39, 0.29) is 0 Å². The monoisotopic (exact) mass is 283 g/mol. The third-order valence-corrected chi connectivity index (χ3v) is 3.20. The van der Waals surface area contributed by atoms with Crippen molar-refractivity contribution >= 4 is 22.4 Å². The third kappa shape index (κ3) is 2.60. The minimum atomic E-state index is -0.881. The molecule has 0 aliphatic carbocycles. The number of hydrogen-bond acceptors (Lipinski definition) is 1. The molecule has 0 atom stereocenters. The molecule has 2 nitrogen and oxygen atoms in total. The second-order valence-corrected chi connectivity index (χ2v) is 4.61. The summed E-state index contributed by atoms with van der Waals surface area (Å²) >= 11 is 0. The second kappa shape index (κ2) is 5.32. The summed E-state index contributed by atoms with van der Waals surface area (Å²) < 4.78 is 27.1. The molecule has 1 N–H and O–H groups in total. The Balaban J connectivity index is 1.93. The minimum Gasteiger partial charge on any atom is -0.322 e. The van der Waals surface area contributed by atoms with Gasteiger partial charge in [0.25, 0.3) is 5.91 Å². The fraction of sp³-hybridized carbons (Fsp3) is 0. The first-order valence-electron chi connectivity index (χ1n) is 6.39. The van der Waals surface area contributed by atoms with Crippen molar-refractivity contribution in [1.82, 2.24) is 0 Å². The van der Waals surface area contributed by atoms with Crippen molar-refractivity contribution in [1.29, 1.82) is 0 Å². The molecular formula is C17H11F2NO. The molecule has 0 aliphatic heterocycles. The van der Waals surface area contributed by atoms with Gasteiger partial charge in [-0.3, -0.25) is 4.79 Å². The number of benzene rings is 3. The van der Waals surface area contributed by atoms with Crippen molar-refractivity contribution in [2.45, 2.75) is 0 Å². The molecule has 0 radical (unpaired) electrons. The molecule has 0 saturated heterocycles. The summed E-state index contributed by atoms with van der Waals surface area (Å²) in [6, 6.07) is 16.2. The average molecular weight is 283 g/mol. The predicted octanol–water partition coefficient (Wildman–Crippen LogP) is 4.37. The van der Waals surface area contributed by atoms with Crippen molar-refractivity contribution < 1.29 is 13.6 Å². The van der Waals surface area contributed by atoms with Crippen LogP contribution in [-0.2, 0) is 0 Å². The van der Waals surface area contributed by atoms with Gasteiger partial charge in [0, 0.05) is 5.69 Å². The zero-order valence-corrected chi connectivity index (χ0v) is 10.9. The van der Waals surface area contributed by atoms with Gasteiger partial charge in [0.1, 0.15) is 17.2 Å². The molecule has 3 aromatic rings. The van der Waals surface area contributed by atoms with Crippen LogP contribution < -0.4 is 5.32 Å². The van der Waals surface area contributed by atoms with Gasteiger partial charge >= 0.3 is 0 Å². The molecule has 0 aromatic heterocycles. The van der Waals surface area contributed by atoms with E-state index in [1.165, 1.54) is 6.07 Å².